The molecule has 0 saturated carbocycles. The van der Waals surface area contributed by atoms with E-state index in [1.165, 1.54) is 37.9 Å². The minimum atomic E-state index is -0.114. The Morgan fingerprint density at radius 1 is 1.11 bits per heavy atom. The molecule has 2 aromatic rings. The number of halogens is 1. The lowest BCUT2D eigenvalue weighted by Crippen LogP contribution is -2.29. The summed E-state index contributed by atoms with van der Waals surface area (Å²) in [5, 5.41) is 2.94. The maximum atomic E-state index is 12.1. The molecule has 0 unspecified atom stereocenters. The van der Waals surface area contributed by atoms with E-state index in [2.05, 4.69) is 50.4 Å². The minimum Gasteiger partial charge on any atom is -0.484 e. The van der Waals surface area contributed by atoms with Crippen LogP contribution in [0.25, 0.3) is 0 Å². The molecule has 5 heteroatoms. The number of hydrogen-bond acceptors (Lipinski definition) is 3. The summed E-state index contributed by atoms with van der Waals surface area (Å²) in [7, 11) is 0. The average Bonchev–Trinajstić information content (AvgIpc) is 2.68. The fourth-order valence-corrected chi connectivity index (χ4v) is 3.57. The molecule has 0 radical (unpaired) electrons. The second kappa shape index (κ2) is 9.90. The number of likely N-dealkylation sites (tertiary alicyclic amines) is 1. The van der Waals surface area contributed by atoms with Crippen LogP contribution in [0.15, 0.2) is 46.9 Å². The van der Waals surface area contributed by atoms with Crippen molar-refractivity contribution in [2.45, 2.75) is 39.3 Å². The summed E-state index contributed by atoms with van der Waals surface area (Å²) in [5.74, 6) is 0.589. The van der Waals surface area contributed by atoms with Gasteiger partial charge in [-0.05, 0) is 67.7 Å². The Kier molecular flexibility index (Phi) is 7.30. The van der Waals surface area contributed by atoms with Crippen molar-refractivity contribution in [2.24, 2.45) is 0 Å². The van der Waals surface area contributed by atoms with Gasteiger partial charge in [-0.3, -0.25) is 9.69 Å². The molecule has 1 heterocycles. The fourth-order valence-electron chi connectivity index (χ4n) is 3.32. The third-order valence-corrected chi connectivity index (χ3v) is 5.73. The van der Waals surface area contributed by atoms with E-state index >= 15 is 0 Å². The minimum absolute atomic E-state index is 0.0224. The van der Waals surface area contributed by atoms with Crippen LogP contribution < -0.4 is 10.1 Å². The normalized spacial score (nSPS) is 14.7. The maximum Gasteiger partial charge on any atom is 0.258 e. The van der Waals surface area contributed by atoms with Gasteiger partial charge >= 0.3 is 0 Å². The van der Waals surface area contributed by atoms with Gasteiger partial charge in [0.1, 0.15) is 5.75 Å². The van der Waals surface area contributed by atoms with Crippen molar-refractivity contribution < 1.29 is 9.53 Å². The van der Waals surface area contributed by atoms with Crippen molar-refractivity contribution >= 4 is 21.8 Å². The molecule has 1 amide bonds. The third kappa shape index (κ3) is 6.36. The van der Waals surface area contributed by atoms with Gasteiger partial charge in [-0.1, -0.05) is 46.6 Å². The summed E-state index contributed by atoms with van der Waals surface area (Å²) >= 11 is 3.46. The van der Waals surface area contributed by atoms with Gasteiger partial charge in [0.05, 0.1) is 0 Å². The Morgan fingerprint density at radius 3 is 2.67 bits per heavy atom. The van der Waals surface area contributed by atoms with E-state index in [-0.39, 0.29) is 12.5 Å². The lowest BCUT2D eigenvalue weighted by molar-refractivity contribution is -0.123. The van der Waals surface area contributed by atoms with E-state index in [4.69, 9.17) is 4.74 Å². The van der Waals surface area contributed by atoms with E-state index in [1.54, 1.807) is 0 Å². The number of ether oxygens (including phenoxy) is 1. The molecule has 1 N–H and O–H groups in total. The van der Waals surface area contributed by atoms with Crippen LogP contribution in [0.4, 0.5) is 0 Å². The molecule has 1 aliphatic rings. The monoisotopic (exact) mass is 430 g/mol. The fraction of sp³-hybridized carbons (Fsp3) is 0.409. The van der Waals surface area contributed by atoms with E-state index in [9.17, 15) is 4.79 Å². The summed E-state index contributed by atoms with van der Waals surface area (Å²) in [4.78, 5) is 14.6. The molecular formula is C22H27BrN2O2. The van der Waals surface area contributed by atoms with Crippen LogP contribution in [0.3, 0.4) is 0 Å². The molecule has 0 aromatic heterocycles. The zero-order chi connectivity index (χ0) is 19.1. The van der Waals surface area contributed by atoms with Crippen molar-refractivity contribution in [2.75, 3.05) is 19.7 Å². The van der Waals surface area contributed by atoms with Gasteiger partial charge in [0.15, 0.2) is 6.61 Å². The van der Waals surface area contributed by atoms with Crippen molar-refractivity contribution in [1.82, 2.24) is 10.2 Å². The van der Waals surface area contributed by atoms with Crippen LogP contribution in [0.2, 0.25) is 0 Å². The first-order valence-electron chi connectivity index (χ1n) is 9.56. The van der Waals surface area contributed by atoms with Gasteiger partial charge in [0.2, 0.25) is 0 Å². The predicted molar refractivity (Wildman–Crippen MR) is 112 cm³/mol. The SMILES string of the molecule is Cc1cc(OCC(=O)NCc2cccc(CN3CCCCC3)c2)ccc1Br. The molecule has 1 saturated heterocycles. The number of hydrogen-bond donors (Lipinski definition) is 1. The number of nitrogens with zero attached hydrogens (tertiary/aromatic N) is 1. The Labute approximate surface area is 170 Å². The Balaban J connectivity index is 1.45. The van der Waals surface area contributed by atoms with Crippen LogP contribution in [0.1, 0.15) is 36.0 Å². The number of nitrogens with one attached hydrogen (secondary N) is 1. The number of carbonyl (C=O) groups is 1. The second-order valence-electron chi connectivity index (χ2n) is 7.13. The average molecular weight is 431 g/mol. The first-order chi connectivity index (χ1) is 13.1. The topological polar surface area (TPSA) is 41.6 Å². The number of rotatable bonds is 7. The number of carbonyl (C=O) groups excluding carboxylic acids is 1. The molecule has 4 nitrogen and oxygen atoms in total. The Hall–Kier alpha value is -1.85. The number of benzene rings is 2. The van der Waals surface area contributed by atoms with Crippen LogP contribution >= 0.6 is 15.9 Å². The van der Waals surface area contributed by atoms with Gasteiger partial charge in [-0.2, -0.15) is 0 Å². The molecule has 144 valence electrons. The maximum absolute atomic E-state index is 12.1. The number of amides is 1. The zero-order valence-electron chi connectivity index (χ0n) is 15.8. The zero-order valence-corrected chi connectivity index (χ0v) is 17.4. The number of aryl methyl sites for hydroxylation is 1. The van der Waals surface area contributed by atoms with Gasteiger partial charge < -0.3 is 10.1 Å². The molecule has 27 heavy (non-hydrogen) atoms. The molecular weight excluding hydrogens is 404 g/mol. The second-order valence-corrected chi connectivity index (χ2v) is 7.99. The Morgan fingerprint density at radius 2 is 1.89 bits per heavy atom. The standard InChI is InChI=1S/C22H27BrN2O2/c1-17-12-20(8-9-21(17)23)27-16-22(26)24-14-18-6-5-7-19(13-18)15-25-10-3-2-4-11-25/h5-9,12-13H,2-4,10-11,14-16H2,1H3,(H,24,26). The molecule has 3 rings (SSSR count). The summed E-state index contributed by atoms with van der Waals surface area (Å²) in [6.45, 7) is 5.91. The highest BCUT2D eigenvalue weighted by Crippen LogP contribution is 2.21. The van der Waals surface area contributed by atoms with E-state index in [1.807, 2.05) is 25.1 Å². The van der Waals surface area contributed by atoms with Gasteiger partial charge in [0.25, 0.3) is 5.91 Å². The first-order valence-corrected chi connectivity index (χ1v) is 10.4. The predicted octanol–water partition coefficient (Wildman–Crippen LogP) is 4.44. The van der Waals surface area contributed by atoms with Crippen molar-refractivity contribution in [3.8, 4) is 5.75 Å². The van der Waals surface area contributed by atoms with E-state index in [0.29, 0.717) is 12.3 Å². The molecule has 2 aromatic carbocycles. The lowest BCUT2D eigenvalue weighted by atomic mass is 10.1. The van der Waals surface area contributed by atoms with Gasteiger partial charge in [-0.15, -0.1) is 0 Å². The third-order valence-electron chi connectivity index (χ3n) is 4.84. The molecule has 0 bridgehead atoms. The molecule has 1 fully saturated rings. The van der Waals surface area contributed by atoms with Crippen molar-refractivity contribution in [3.05, 3.63) is 63.6 Å². The van der Waals surface area contributed by atoms with Crippen molar-refractivity contribution in [3.63, 3.8) is 0 Å². The molecule has 0 spiro atoms. The Bertz CT molecular complexity index is 773. The lowest BCUT2D eigenvalue weighted by Gasteiger charge is -2.26. The van der Waals surface area contributed by atoms with Gasteiger partial charge in [0, 0.05) is 17.6 Å². The van der Waals surface area contributed by atoms with Gasteiger partial charge in [-0.25, -0.2) is 0 Å². The molecule has 0 aliphatic carbocycles. The van der Waals surface area contributed by atoms with Crippen LogP contribution in [-0.2, 0) is 17.9 Å². The smallest absolute Gasteiger partial charge is 0.258 e. The highest BCUT2D eigenvalue weighted by molar-refractivity contribution is 9.10. The molecule has 1 aliphatic heterocycles. The summed E-state index contributed by atoms with van der Waals surface area (Å²) in [6.07, 6.45) is 3.95. The first kappa shape index (κ1) is 19.9. The van der Waals surface area contributed by atoms with Crippen LogP contribution in [0.5, 0.6) is 5.75 Å². The van der Waals surface area contributed by atoms with E-state index in [0.717, 1.165) is 22.1 Å². The highest BCUT2D eigenvalue weighted by Gasteiger charge is 2.11. The molecule has 0 atom stereocenters. The summed E-state index contributed by atoms with van der Waals surface area (Å²) < 4.78 is 6.61. The largest absolute Gasteiger partial charge is 0.484 e. The van der Waals surface area contributed by atoms with E-state index < -0.39 is 0 Å². The van der Waals surface area contributed by atoms with Crippen LogP contribution in [0, 0.1) is 6.92 Å². The quantitative estimate of drug-likeness (QED) is 0.705. The summed E-state index contributed by atoms with van der Waals surface area (Å²) in [5.41, 5.74) is 3.51. The van der Waals surface area contributed by atoms with Crippen LogP contribution in [-0.4, -0.2) is 30.5 Å². The summed E-state index contributed by atoms with van der Waals surface area (Å²) in [6, 6.07) is 14.2. The number of piperidine rings is 1. The highest BCUT2D eigenvalue weighted by atomic mass is 79.9. The van der Waals surface area contributed by atoms with Crippen molar-refractivity contribution in [1.29, 1.82) is 0 Å².